The Morgan fingerprint density at radius 2 is 1.96 bits per heavy atom. The molecule has 1 heterocycles. The molecule has 2 aromatic rings. The number of aromatic nitrogens is 2. The number of halogens is 1. The number of aliphatic hydroxyl groups excluding tert-OH is 1. The van der Waals surface area contributed by atoms with Gasteiger partial charge in [0.25, 0.3) is 11.8 Å². The number of rotatable bonds is 5. The average Bonchev–Trinajstić information content (AvgIpc) is 3.06. The first-order valence-corrected chi connectivity index (χ1v) is 9.45. The van der Waals surface area contributed by atoms with Crippen LogP contribution in [0.25, 0.3) is 0 Å². The second kappa shape index (κ2) is 7.01. The van der Waals surface area contributed by atoms with Crippen LogP contribution in [0.2, 0.25) is 0 Å². The fraction of sp³-hybridized carbons (Fsp3) is 0.450. The number of nitrogens with one attached hydrogen (secondary N) is 2. The average molecular weight is 386 g/mol. The van der Waals surface area contributed by atoms with Crippen LogP contribution in [0, 0.1) is 17.7 Å². The molecule has 2 aliphatic carbocycles. The molecular formula is C20H23FN4O3. The van der Waals surface area contributed by atoms with E-state index in [1.54, 1.807) is 19.1 Å². The van der Waals surface area contributed by atoms with Crippen LogP contribution < -0.4 is 10.6 Å². The summed E-state index contributed by atoms with van der Waals surface area (Å²) in [4.78, 5) is 25.0. The first-order chi connectivity index (χ1) is 13.4. The first kappa shape index (κ1) is 18.6. The van der Waals surface area contributed by atoms with Crippen molar-refractivity contribution < 1.29 is 19.1 Å². The van der Waals surface area contributed by atoms with Gasteiger partial charge >= 0.3 is 0 Å². The predicted molar refractivity (Wildman–Crippen MR) is 99.3 cm³/mol. The maximum absolute atomic E-state index is 13.6. The van der Waals surface area contributed by atoms with Crippen molar-refractivity contribution in [2.24, 2.45) is 11.8 Å². The highest BCUT2D eigenvalue weighted by molar-refractivity contribution is 5.98. The van der Waals surface area contributed by atoms with Crippen molar-refractivity contribution in [2.45, 2.75) is 38.0 Å². The lowest BCUT2D eigenvalue weighted by molar-refractivity contribution is 0.0923. The molecule has 0 spiro atoms. The topological polar surface area (TPSA) is 96.3 Å². The normalized spacial score (nSPS) is 26.4. The second-order valence-electron chi connectivity index (χ2n) is 7.62. The fourth-order valence-corrected chi connectivity index (χ4v) is 4.26. The van der Waals surface area contributed by atoms with Crippen LogP contribution >= 0.6 is 0 Å². The molecular weight excluding hydrogens is 363 g/mol. The Kier molecular flexibility index (Phi) is 4.66. The Labute approximate surface area is 161 Å². The summed E-state index contributed by atoms with van der Waals surface area (Å²) in [5.74, 6) is -0.465. The molecule has 8 heteroatoms. The van der Waals surface area contributed by atoms with Crippen molar-refractivity contribution in [2.75, 3.05) is 7.05 Å². The van der Waals surface area contributed by atoms with E-state index in [-0.39, 0.29) is 35.3 Å². The van der Waals surface area contributed by atoms with E-state index < -0.39 is 11.9 Å². The second-order valence-corrected chi connectivity index (χ2v) is 7.62. The van der Waals surface area contributed by atoms with Gasteiger partial charge in [-0.05, 0) is 49.3 Å². The number of nitrogens with zero attached hydrogens (tertiary/aromatic N) is 2. The summed E-state index contributed by atoms with van der Waals surface area (Å²) in [6, 6.07) is 7.16. The SMILES string of the molecule is CNC(=O)c1cc(C(=O)NC2[C@H]3CC(O)C[C@@H]23)n([C@@H](C)c2cccc(F)c2)n1. The van der Waals surface area contributed by atoms with Gasteiger partial charge in [-0.3, -0.25) is 14.3 Å². The van der Waals surface area contributed by atoms with Crippen LogP contribution in [0.3, 0.4) is 0 Å². The van der Waals surface area contributed by atoms with Gasteiger partial charge < -0.3 is 15.7 Å². The van der Waals surface area contributed by atoms with Crippen molar-refractivity contribution >= 4 is 11.8 Å². The lowest BCUT2D eigenvalue weighted by atomic mass is 10.1. The molecule has 1 aromatic carbocycles. The third-order valence-electron chi connectivity index (χ3n) is 5.84. The van der Waals surface area contributed by atoms with E-state index in [0.717, 1.165) is 0 Å². The molecule has 2 amide bonds. The molecule has 2 aliphatic rings. The Morgan fingerprint density at radius 3 is 2.61 bits per heavy atom. The van der Waals surface area contributed by atoms with E-state index in [0.29, 0.717) is 30.2 Å². The van der Waals surface area contributed by atoms with Gasteiger partial charge in [-0.15, -0.1) is 0 Å². The molecule has 0 radical (unpaired) electrons. The summed E-state index contributed by atoms with van der Waals surface area (Å²) in [6.45, 7) is 1.80. The van der Waals surface area contributed by atoms with Crippen LogP contribution in [0.5, 0.6) is 0 Å². The summed E-state index contributed by atoms with van der Waals surface area (Å²) >= 11 is 0. The minimum Gasteiger partial charge on any atom is -0.393 e. The molecule has 0 saturated heterocycles. The van der Waals surface area contributed by atoms with Gasteiger partial charge in [-0.25, -0.2) is 4.39 Å². The maximum Gasteiger partial charge on any atom is 0.271 e. The molecule has 0 bridgehead atoms. The van der Waals surface area contributed by atoms with Crippen LogP contribution in [0.15, 0.2) is 30.3 Å². The molecule has 2 unspecified atom stereocenters. The van der Waals surface area contributed by atoms with Gasteiger partial charge in [0.05, 0.1) is 12.1 Å². The van der Waals surface area contributed by atoms with E-state index in [2.05, 4.69) is 15.7 Å². The molecule has 5 atom stereocenters. The lowest BCUT2D eigenvalue weighted by Gasteiger charge is -2.17. The highest BCUT2D eigenvalue weighted by atomic mass is 19.1. The van der Waals surface area contributed by atoms with Gasteiger partial charge in [0, 0.05) is 19.2 Å². The molecule has 7 nitrogen and oxygen atoms in total. The van der Waals surface area contributed by atoms with Gasteiger partial charge in [0.1, 0.15) is 11.5 Å². The number of fused-ring (bicyclic) bond motifs is 1. The lowest BCUT2D eigenvalue weighted by Crippen LogP contribution is -2.32. The minimum absolute atomic E-state index is 0.0483. The van der Waals surface area contributed by atoms with Crippen molar-refractivity contribution in [3.05, 3.63) is 53.1 Å². The monoisotopic (exact) mass is 386 g/mol. The van der Waals surface area contributed by atoms with Gasteiger partial charge in [0.15, 0.2) is 5.69 Å². The van der Waals surface area contributed by atoms with Crippen molar-refractivity contribution in [1.29, 1.82) is 0 Å². The summed E-state index contributed by atoms with van der Waals surface area (Å²) in [7, 11) is 1.49. The highest BCUT2D eigenvalue weighted by Gasteiger charge is 2.56. The molecule has 2 fully saturated rings. The van der Waals surface area contributed by atoms with E-state index in [1.807, 2.05) is 0 Å². The van der Waals surface area contributed by atoms with Crippen LogP contribution in [0.4, 0.5) is 4.39 Å². The van der Waals surface area contributed by atoms with E-state index in [4.69, 9.17) is 0 Å². The molecule has 0 aliphatic heterocycles. The summed E-state index contributed by atoms with van der Waals surface area (Å²) in [6.07, 6.45) is 1.14. The zero-order chi connectivity index (χ0) is 20.0. The molecule has 4 rings (SSSR count). The maximum atomic E-state index is 13.6. The van der Waals surface area contributed by atoms with E-state index >= 15 is 0 Å². The molecule has 3 N–H and O–H groups in total. The number of carbonyl (C=O) groups is 2. The van der Waals surface area contributed by atoms with Crippen LogP contribution in [-0.2, 0) is 0 Å². The van der Waals surface area contributed by atoms with Crippen LogP contribution in [-0.4, -0.2) is 45.9 Å². The van der Waals surface area contributed by atoms with Gasteiger partial charge in [-0.1, -0.05) is 12.1 Å². The van der Waals surface area contributed by atoms with Crippen molar-refractivity contribution in [3.63, 3.8) is 0 Å². The van der Waals surface area contributed by atoms with Gasteiger partial charge in [0.2, 0.25) is 0 Å². The number of aliphatic hydroxyl groups is 1. The standard InChI is InChI=1S/C20H23FN4O3/c1-10(11-4-3-5-12(21)6-11)25-17(9-16(24-25)19(27)22-2)20(28)23-18-14-7-13(26)8-15(14)18/h3-6,9-10,13-15,18,26H,7-8H2,1-2H3,(H,22,27)(H,23,28)/t10-,13?,14-,15+,18?/m0/s1. The quantitative estimate of drug-likeness (QED) is 0.725. The minimum atomic E-state index is -0.435. The highest BCUT2D eigenvalue weighted by Crippen LogP contribution is 2.52. The largest absolute Gasteiger partial charge is 0.393 e. The Bertz CT molecular complexity index is 916. The zero-order valence-electron chi connectivity index (χ0n) is 15.7. The summed E-state index contributed by atoms with van der Waals surface area (Å²) in [5, 5.41) is 19.5. The van der Waals surface area contributed by atoms with E-state index in [9.17, 15) is 19.1 Å². The summed E-state index contributed by atoms with van der Waals surface area (Å²) in [5.41, 5.74) is 1.02. The smallest absolute Gasteiger partial charge is 0.271 e. The zero-order valence-corrected chi connectivity index (χ0v) is 15.7. The van der Waals surface area contributed by atoms with Crippen molar-refractivity contribution in [1.82, 2.24) is 20.4 Å². The first-order valence-electron chi connectivity index (χ1n) is 9.45. The third-order valence-corrected chi connectivity index (χ3v) is 5.84. The summed E-state index contributed by atoms with van der Waals surface area (Å²) < 4.78 is 15.1. The predicted octanol–water partition coefficient (Wildman–Crippen LogP) is 1.49. The molecule has 2 saturated carbocycles. The van der Waals surface area contributed by atoms with Gasteiger partial charge in [-0.2, -0.15) is 5.10 Å². The Hall–Kier alpha value is -2.74. The van der Waals surface area contributed by atoms with Crippen molar-refractivity contribution in [3.8, 4) is 0 Å². The fourth-order valence-electron chi connectivity index (χ4n) is 4.26. The van der Waals surface area contributed by atoms with Crippen LogP contribution in [0.1, 0.15) is 52.3 Å². The van der Waals surface area contributed by atoms with E-state index in [1.165, 1.54) is 29.9 Å². The number of hydrogen-bond acceptors (Lipinski definition) is 4. The third kappa shape index (κ3) is 3.28. The number of amides is 2. The number of benzene rings is 1. The Balaban J connectivity index is 1.61. The number of carbonyl (C=O) groups excluding carboxylic acids is 2. The molecule has 148 valence electrons. The molecule has 1 aromatic heterocycles. The number of hydrogen-bond donors (Lipinski definition) is 3. The Morgan fingerprint density at radius 1 is 1.25 bits per heavy atom. The molecule has 28 heavy (non-hydrogen) atoms.